The Labute approximate surface area is 225 Å². The van der Waals surface area contributed by atoms with Crippen molar-refractivity contribution in [2.75, 3.05) is 35.9 Å². The van der Waals surface area contributed by atoms with Crippen LogP contribution in [0.2, 0.25) is 0 Å². The molecule has 22 heteroatoms. The van der Waals surface area contributed by atoms with Gasteiger partial charge < -0.3 is 45.7 Å². The molecule has 0 radical (unpaired) electrons. The summed E-state index contributed by atoms with van der Waals surface area (Å²) in [6, 6.07) is -0.907. The van der Waals surface area contributed by atoms with E-state index in [9.17, 15) is 23.4 Å². The lowest BCUT2D eigenvalue weighted by molar-refractivity contribution is -0.138. The van der Waals surface area contributed by atoms with E-state index in [0.717, 1.165) is 0 Å². The molecule has 2 aromatic heterocycles. The molecule has 3 heterocycles. The van der Waals surface area contributed by atoms with E-state index in [1.807, 2.05) is 6.26 Å². The fraction of sp³-hybridized carbons (Fsp3) is 0.647. The highest BCUT2D eigenvalue weighted by Gasteiger charge is 2.46. The molecule has 1 fully saturated rings. The van der Waals surface area contributed by atoms with E-state index in [4.69, 9.17) is 48.5 Å². The Morgan fingerprint density at radius 3 is 2.28 bits per heavy atom. The van der Waals surface area contributed by atoms with Crippen LogP contribution in [0.1, 0.15) is 12.6 Å². The number of imidazole rings is 1. The van der Waals surface area contributed by atoms with Crippen LogP contribution < -0.4 is 11.5 Å². The highest BCUT2D eigenvalue weighted by molar-refractivity contribution is 7.96. The number of fused-ring (bicyclic) bond motifs is 1. The number of hydrogen-bond donors (Lipinski definition) is 7. The molecule has 39 heavy (non-hydrogen) atoms. The third-order valence-electron chi connectivity index (χ3n) is 4.89. The molecule has 0 aromatic carbocycles. The number of carbonyl (C=O) groups is 1. The number of ether oxygens (including phenoxy) is 1. The lowest BCUT2D eigenvalue weighted by Crippen LogP contribution is -2.37. The summed E-state index contributed by atoms with van der Waals surface area (Å²) >= 11 is 0. The minimum atomic E-state index is -5.17. The molecule has 0 saturated carbocycles. The Hall–Kier alpha value is -2.25. The fourth-order valence-corrected chi connectivity index (χ4v) is 4.97. The number of nitrogens with zero attached hydrogens (tertiary/aromatic N) is 4. The number of aromatic nitrogens is 4. The fourth-order valence-electron chi connectivity index (χ4n) is 3.08. The smallest absolute Gasteiger partial charge is 0.320 e. The minimum Gasteiger partial charge on any atom is -0.759 e. The van der Waals surface area contributed by atoms with Crippen LogP contribution in [0.25, 0.3) is 11.2 Å². The summed E-state index contributed by atoms with van der Waals surface area (Å²) in [6.45, 7) is -0.529. The van der Waals surface area contributed by atoms with Gasteiger partial charge in [0.25, 0.3) is 10.1 Å². The highest BCUT2D eigenvalue weighted by atomic mass is 32.3. The number of nitrogens with two attached hydrogens (primary N) is 2. The lowest BCUT2D eigenvalue weighted by Gasteiger charge is -2.16. The van der Waals surface area contributed by atoms with Crippen molar-refractivity contribution in [2.24, 2.45) is 5.73 Å². The van der Waals surface area contributed by atoms with Crippen molar-refractivity contribution >= 4 is 54.4 Å². The Morgan fingerprint density at radius 2 is 1.79 bits per heavy atom. The molecule has 0 amide bonds. The van der Waals surface area contributed by atoms with Crippen LogP contribution in [0.3, 0.4) is 0 Å². The molecule has 9 N–H and O–H groups in total. The summed E-state index contributed by atoms with van der Waals surface area (Å²) in [6.07, 6.45) is 1.31. The van der Waals surface area contributed by atoms with Gasteiger partial charge in [0, 0.05) is 16.8 Å². The van der Waals surface area contributed by atoms with Crippen molar-refractivity contribution in [3.8, 4) is 0 Å². The average molecular weight is 622 g/mol. The normalized spacial score (nSPS) is 22.8. The number of carboxylic acids is 1. The molecule has 0 spiro atoms. The summed E-state index contributed by atoms with van der Waals surface area (Å²) in [7, 11) is -9.33. The van der Waals surface area contributed by atoms with Crippen molar-refractivity contribution in [3.05, 3.63) is 12.7 Å². The van der Waals surface area contributed by atoms with Crippen LogP contribution in [0.4, 0.5) is 5.82 Å². The maximum absolute atomic E-state index is 10.8. The van der Waals surface area contributed by atoms with E-state index in [-0.39, 0.29) is 16.7 Å². The predicted octanol–water partition coefficient (Wildman–Crippen LogP) is -4.39. The maximum Gasteiger partial charge on any atom is 0.320 e. The molecular weight excluding hydrogens is 592 g/mol. The van der Waals surface area contributed by atoms with Gasteiger partial charge in [-0.3, -0.25) is 22.3 Å². The summed E-state index contributed by atoms with van der Waals surface area (Å²) < 4.78 is 68.6. The molecule has 0 aliphatic carbocycles. The largest absolute Gasteiger partial charge is 0.759 e. The van der Waals surface area contributed by atoms with Crippen molar-refractivity contribution in [1.82, 2.24) is 19.5 Å². The number of nitrogen functional groups attached to an aromatic ring is 1. The molecule has 19 nitrogen and oxygen atoms in total. The van der Waals surface area contributed by atoms with E-state index in [2.05, 4.69) is 15.0 Å². The Bertz CT molecular complexity index is 1280. The Kier molecular flexibility index (Phi) is 13.3. The van der Waals surface area contributed by atoms with Crippen molar-refractivity contribution in [3.63, 3.8) is 0 Å². The van der Waals surface area contributed by atoms with Crippen molar-refractivity contribution in [2.45, 2.75) is 37.0 Å². The van der Waals surface area contributed by atoms with Gasteiger partial charge in [-0.1, -0.05) is 0 Å². The zero-order chi connectivity index (χ0) is 30.1. The molecule has 0 bridgehead atoms. The summed E-state index contributed by atoms with van der Waals surface area (Å²) in [4.78, 5) is 23.0. The van der Waals surface area contributed by atoms with Gasteiger partial charge in [-0.25, -0.2) is 15.0 Å². The van der Waals surface area contributed by atoms with E-state index in [1.165, 1.54) is 17.2 Å². The number of carboxylic acid groups (broad SMARTS) is 1. The number of aliphatic carboxylic acids is 1. The van der Waals surface area contributed by atoms with Crippen LogP contribution in [0.15, 0.2) is 12.7 Å². The first kappa shape index (κ1) is 34.8. The number of anilines is 1. The lowest BCUT2D eigenvalue weighted by atomic mass is 10.1. The van der Waals surface area contributed by atoms with Gasteiger partial charge in [0.15, 0.2) is 17.7 Å². The van der Waals surface area contributed by atoms with Crippen molar-refractivity contribution < 1.29 is 60.5 Å². The van der Waals surface area contributed by atoms with Crippen molar-refractivity contribution in [1.29, 1.82) is 0 Å². The highest BCUT2D eigenvalue weighted by Crippen LogP contribution is 2.32. The van der Waals surface area contributed by atoms with Gasteiger partial charge in [0.1, 0.15) is 47.7 Å². The number of rotatable bonds is 9. The number of aliphatic hydroxyl groups excluding tert-OH is 3. The van der Waals surface area contributed by atoms with E-state index < -0.39 is 69.4 Å². The average Bonchev–Trinajstić information content (AvgIpc) is 3.33. The second-order valence-corrected chi connectivity index (χ2v) is 12.6. The third kappa shape index (κ3) is 12.2. The quantitative estimate of drug-likeness (QED) is 0.0789. The number of aliphatic hydroxyl groups is 3. The van der Waals surface area contributed by atoms with Gasteiger partial charge in [-0.2, -0.15) is 8.42 Å². The van der Waals surface area contributed by atoms with Gasteiger partial charge in [-0.15, -0.1) is 0 Å². The summed E-state index contributed by atoms with van der Waals surface area (Å²) in [5, 5.41) is 37.5. The molecule has 1 unspecified atom stereocenters. The monoisotopic (exact) mass is 621 g/mol. The Morgan fingerprint density at radius 1 is 1.21 bits per heavy atom. The van der Waals surface area contributed by atoms with Gasteiger partial charge >= 0.3 is 5.97 Å². The van der Waals surface area contributed by atoms with Crippen LogP contribution in [0, 0.1) is 0 Å². The van der Waals surface area contributed by atoms with E-state index in [0.29, 0.717) is 29.1 Å². The van der Waals surface area contributed by atoms with E-state index in [1.54, 1.807) is 0 Å². The van der Waals surface area contributed by atoms with Crippen LogP contribution in [0.5, 0.6) is 0 Å². The zero-order valence-electron chi connectivity index (χ0n) is 20.2. The molecule has 1 saturated heterocycles. The first-order valence-electron chi connectivity index (χ1n) is 10.6. The summed E-state index contributed by atoms with van der Waals surface area (Å²) in [5.41, 5.74) is 12.1. The maximum atomic E-state index is 10.8. The van der Waals surface area contributed by atoms with Crippen LogP contribution in [-0.2, 0) is 40.9 Å². The molecule has 2 aromatic rings. The van der Waals surface area contributed by atoms with Gasteiger partial charge in [0.05, 0.1) is 24.9 Å². The minimum absolute atomic E-state index is 0.216. The predicted molar refractivity (Wildman–Crippen MR) is 133 cm³/mol. The number of hydrogen-bond acceptors (Lipinski definition) is 16. The topological polar surface area (TPSA) is 337 Å². The zero-order valence-corrected chi connectivity index (χ0v) is 22.7. The first-order valence-corrected chi connectivity index (χ1v) is 15.5. The Balaban J connectivity index is 0.000000531. The molecule has 1 aliphatic heterocycles. The van der Waals surface area contributed by atoms with Gasteiger partial charge in [-0.05, 0) is 10.9 Å². The molecule has 3 rings (SSSR count). The van der Waals surface area contributed by atoms with Gasteiger partial charge in [0.2, 0.25) is 0 Å². The third-order valence-corrected chi connectivity index (χ3v) is 7.42. The molecule has 6 atom stereocenters. The molecule has 224 valence electrons. The second-order valence-electron chi connectivity index (χ2n) is 7.93. The van der Waals surface area contributed by atoms with E-state index >= 15 is 0 Å². The second kappa shape index (κ2) is 14.9. The SMILES string of the molecule is C[S+](CC[C@H](N)C(=O)O)C[C@H]1O[C@@H](n2cnc3c(N)ncnc32)[C@H](O)[C@@H]1O.O=S(=O)(O)CCO.O=S(=O)([O-])[O-]. The first-order chi connectivity index (χ1) is 17.9. The van der Waals surface area contributed by atoms with Crippen LogP contribution in [-0.4, -0.2) is 131 Å². The standard InChI is InChI=1S/C15H22N6O5S.C2H6O4S.H2O4S/c1-27(3-2-7(16)15(24)25)4-8-10(22)11(23)14(26-8)21-6-20-9-12(17)18-5-19-13(9)21;3-1-2-7(4,5)6;1-5(2,3)4/h5-8,10-11,14,22-23H,2-4,16H2,1H3,(H2-,17,18,19,24,25);3H,1-2H2,(H,4,5,6);(H2,1,2,3,4)/p-1/t7-,8+,10+,11+,14+,27?;;/m0../s1. The summed E-state index contributed by atoms with van der Waals surface area (Å²) in [5.74, 6) is -0.322. The molecular formula is C17H29N6O13S3-. The molecule has 1 aliphatic rings. The van der Waals surface area contributed by atoms with Crippen LogP contribution >= 0.6 is 0 Å².